The summed E-state index contributed by atoms with van der Waals surface area (Å²) in [6.07, 6.45) is 1.57. The lowest BCUT2D eigenvalue weighted by Gasteiger charge is -2.27. The van der Waals surface area contributed by atoms with Crippen LogP contribution in [-0.2, 0) is 4.74 Å². The Labute approximate surface area is 107 Å². The number of aromatic nitrogens is 3. The van der Waals surface area contributed by atoms with E-state index in [0.29, 0.717) is 5.95 Å². The van der Waals surface area contributed by atoms with Gasteiger partial charge >= 0.3 is 0 Å². The molecule has 18 heavy (non-hydrogen) atoms. The summed E-state index contributed by atoms with van der Waals surface area (Å²) in [6, 6.07) is 0. The van der Waals surface area contributed by atoms with Crippen molar-refractivity contribution < 1.29 is 4.74 Å². The summed E-state index contributed by atoms with van der Waals surface area (Å²) in [5.74, 6) is 1.43. The molecule has 100 valence electrons. The van der Waals surface area contributed by atoms with Gasteiger partial charge in [0.05, 0.1) is 19.9 Å². The molecule has 1 aromatic heterocycles. The second-order valence-corrected chi connectivity index (χ2v) is 4.60. The van der Waals surface area contributed by atoms with Gasteiger partial charge in [0.1, 0.15) is 6.33 Å². The van der Waals surface area contributed by atoms with Gasteiger partial charge in [0.2, 0.25) is 11.9 Å². The van der Waals surface area contributed by atoms with Crippen LogP contribution in [0.5, 0.6) is 0 Å². The Hall–Kier alpha value is -1.47. The Balaban J connectivity index is 2.08. The first-order valence-electron chi connectivity index (χ1n) is 6.04. The van der Waals surface area contributed by atoms with Gasteiger partial charge in [0.25, 0.3) is 0 Å². The number of hydrogen-bond donors (Lipinski definition) is 0. The lowest BCUT2D eigenvalue weighted by Crippen LogP contribution is -2.38. The first kappa shape index (κ1) is 13.0. The molecule has 0 atom stereocenters. The van der Waals surface area contributed by atoms with E-state index in [-0.39, 0.29) is 0 Å². The highest BCUT2D eigenvalue weighted by Gasteiger charge is 2.15. The molecule has 0 amide bonds. The molecule has 0 N–H and O–H groups in total. The molecule has 0 saturated carbocycles. The molecule has 2 rings (SSSR count). The van der Waals surface area contributed by atoms with Crippen molar-refractivity contribution in [1.29, 1.82) is 0 Å². The highest BCUT2D eigenvalue weighted by atomic mass is 16.5. The van der Waals surface area contributed by atoms with Crippen LogP contribution >= 0.6 is 0 Å². The molecule has 1 fully saturated rings. The molecular weight excluding hydrogens is 232 g/mol. The fourth-order valence-corrected chi connectivity index (χ4v) is 1.87. The predicted octanol–water partition coefficient (Wildman–Crippen LogP) is -0.336. The SMILES string of the molecule is CN(C)CN(C)c1ncnc(N2CCOCC2)n1. The van der Waals surface area contributed by atoms with Crippen LogP contribution in [0.4, 0.5) is 11.9 Å². The van der Waals surface area contributed by atoms with Crippen molar-refractivity contribution in [1.82, 2.24) is 19.9 Å². The number of hydrogen-bond acceptors (Lipinski definition) is 7. The Morgan fingerprint density at radius 1 is 1.22 bits per heavy atom. The molecule has 1 aliphatic rings. The third-order valence-corrected chi connectivity index (χ3v) is 2.68. The standard InChI is InChI=1S/C11H20N6O/c1-15(2)9-16(3)10-12-8-13-11(14-10)17-4-6-18-7-5-17/h8H,4-7,9H2,1-3H3. The van der Waals surface area contributed by atoms with E-state index < -0.39 is 0 Å². The van der Waals surface area contributed by atoms with Crippen molar-refractivity contribution in [2.75, 3.05) is 63.9 Å². The summed E-state index contributed by atoms with van der Waals surface area (Å²) in [5, 5.41) is 0. The molecule has 0 aromatic carbocycles. The van der Waals surface area contributed by atoms with Crippen LogP contribution in [-0.4, -0.2) is 74.0 Å². The van der Waals surface area contributed by atoms with Crippen molar-refractivity contribution in [2.45, 2.75) is 0 Å². The molecular formula is C11H20N6O. The van der Waals surface area contributed by atoms with Gasteiger partial charge in [-0.15, -0.1) is 0 Å². The van der Waals surface area contributed by atoms with Gasteiger partial charge in [-0.25, -0.2) is 9.97 Å². The fourth-order valence-electron chi connectivity index (χ4n) is 1.87. The third kappa shape index (κ3) is 3.27. The minimum atomic E-state index is 0.695. The molecule has 0 spiro atoms. The van der Waals surface area contributed by atoms with Crippen LogP contribution < -0.4 is 9.80 Å². The first-order chi connectivity index (χ1) is 8.66. The maximum Gasteiger partial charge on any atom is 0.230 e. The van der Waals surface area contributed by atoms with E-state index >= 15 is 0 Å². The second-order valence-electron chi connectivity index (χ2n) is 4.60. The van der Waals surface area contributed by atoms with Crippen LogP contribution in [0.25, 0.3) is 0 Å². The highest BCUT2D eigenvalue weighted by molar-refractivity contribution is 5.37. The van der Waals surface area contributed by atoms with E-state index in [1.165, 1.54) is 0 Å². The van der Waals surface area contributed by atoms with Crippen molar-refractivity contribution in [3.05, 3.63) is 6.33 Å². The molecule has 2 heterocycles. The molecule has 0 radical (unpaired) electrons. The molecule has 1 aliphatic heterocycles. The zero-order valence-corrected chi connectivity index (χ0v) is 11.2. The minimum Gasteiger partial charge on any atom is -0.378 e. The van der Waals surface area contributed by atoms with Gasteiger partial charge in [0, 0.05) is 20.1 Å². The van der Waals surface area contributed by atoms with Crippen LogP contribution in [0.2, 0.25) is 0 Å². The summed E-state index contributed by atoms with van der Waals surface area (Å²) < 4.78 is 5.32. The van der Waals surface area contributed by atoms with E-state index in [1.807, 2.05) is 26.0 Å². The molecule has 7 heteroatoms. The summed E-state index contributed by atoms with van der Waals surface area (Å²) in [4.78, 5) is 19.1. The quantitative estimate of drug-likeness (QED) is 0.680. The number of morpholine rings is 1. The maximum absolute atomic E-state index is 5.32. The summed E-state index contributed by atoms with van der Waals surface area (Å²) in [5.41, 5.74) is 0. The van der Waals surface area contributed by atoms with Crippen molar-refractivity contribution in [3.63, 3.8) is 0 Å². The Morgan fingerprint density at radius 2 is 1.94 bits per heavy atom. The smallest absolute Gasteiger partial charge is 0.230 e. The lowest BCUT2D eigenvalue weighted by molar-refractivity contribution is 0.122. The molecule has 7 nitrogen and oxygen atoms in total. The van der Waals surface area contributed by atoms with Crippen LogP contribution in [0, 0.1) is 0 Å². The average Bonchev–Trinajstić information content (AvgIpc) is 2.39. The second kappa shape index (κ2) is 5.92. The van der Waals surface area contributed by atoms with Crippen LogP contribution in [0.3, 0.4) is 0 Å². The van der Waals surface area contributed by atoms with Crippen LogP contribution in [0.15, 0.2) is 6.33 Å². The van der Waals surface area contributed by atoms with E-state index in [4.69, 9.17) is 4.74 Å². The van der Waals surface area contributed by atoms with Crippen molar-refractivity contribution >= 4 is 11.9 Å². The number of nitrogens with zero attached hydrogens (tertiary/aromatic N) is 6. The van der Waals surface area contributed by atoms with E-state index in [9.17, 15) is 0 Å². The van der Waals surface area contributed by atoms with Gasteiger partial charge in [-0.05, 0) is 14.1 Å². The van der Waals surface area contributed by atoms with Crippen molar-refractivity contribution in [2.24, 2.45) is 0 Å². The molecule has 0 unspecified atom stereocenters. The Kier molecular flexibility index (Phi) is 4.27. The van der Waals surface area contributed by atoms with Gasteiger partial charge in [-0.1, -0.05) is 0 Å². The number of anilines is 2. The summed E-state index contributed by atoms with van der Waals surface area (Å²) in [7, 11) is 6.00. The number of ether oxygens (including phenoxy) is 1. The molecule has 1 saturated heterocycles. The predicted molar refractivity (Wildman–Crippen MR) is 69.8 cm³/mol. The third-order valence-electron chi connectivity index (χ3n) is 2.68. The summed E-state index contributed by atoms with van der Waals surface area (Å²) >= 11 is 0. The van der Waals surface area contributed by atoms with Gasteiger partial charge in [-0.3, -0.25) is 4.90 Å². The minimum absolute atomic E-state index is 0.695. The van der Waals surface area contributed by atoms with Crippen molar-refractivity contribution in [3.8, 4) is 0 Å². The zero-order chi connectivity index (χ0) is 13.0. The van der Waals surface area contributed by atoms with Crippen LogP contribution in [0.1, 0.15) is 0 Å². The van der Waals surface area contributed by atoms with E-state index in [0.717, 1.165) is 38.9 Å². The van der Waals surface area contributed by atoms with Gasteiger partial charge in [-0.2, -0.15) is 4.98 Å². The fraction of sp³-hybridized carbons (Fsp3) is 0.727. The molecule has 0 bridgehead atoms. The Bertz CT molecular complexity index is 380. The Morgan fingerprint density at radius 3 is 2.61 bits per heavy atom. The average molecular weight is 252 g/mol. The van der Waals surface area contributed by atoms with E-state index in [1.54, 1.807) is 6.33 Å². The lowest BCUT2D eigenvalue weighted by atomic mass is 10.4. The van der Waals surface area contributed by atoms with Gasteiger partial charge < -0.3 is 14.5 Å². The largest absolute Gasteiger partial charge is 0.378 e. The monoisotopic (exact) mass is 252 g/mol. The highest BCUT2D eigenvalue weighted by Crippen LogP contribution is 2.12. The van der Waals surface area contributed by atoms with E-state index in [2.05, 4.69) is 24.8 Å². The normalized spacial score (nSPS) is 16.1. The number of rotatable bonds is 4. The molecule has 0 aliphatic carbocycles. The van der Waals surface area contributed by atoms with Gasteiger partial charge in [0.15, 0.2) is 0 Å². The first-order valence-corrected chi connectivity index (χ1v) is 6.04. The maximum atomic E-state index is 5.32. The zero-order valence-electron chi connectivity index (χ0n) is 11.2. The summed E-state index contributed by atoms with van der Waals surface area (Å²) in [6.45, 7) is 3.90. The molecule has 1 aromatic rings. The topological polar surface area (TPSA) is 57.6 Å².